The quantitative estimate of drug-likeness (QED) is 0.646. The molecule has 1 aromatic heterocycles. The normalized spacial score (nSPS) is 17.7. The summed E-state index contributed by atoms with van der Waals surface area (Å²) in [5.41, 5.74) is 4.69. The van der Waals surface area contributed by atoms with Crippen LogP contribution in [-0.2, 0) is 11.2 Å². The molecule has 0 spiro atoms. The Labute approximate surface area is 136 Å². The van der Waals surface area contributed by atoms with Crippen LogP contribution in [0.3, 0.4) is 0 Å². The van der Waals surface area contributed by atoms with Crippen LogP contribution in [0.15, 0.2) is 40.9 Å². The molecule has 4 heteroatoms. The molecule has 2 heterocycles. The molecule has 0 radical (unpaired) electrons. The van der Waals surface area contributed by atoms with Crippen LogP contribution >= 0.6 is 15.9 Å². The first-order valence-corrected chi connectivity index (χ1v) is 8.11. The van der Waals surface area contributed by atoms with Crippen molar-refractivity contribution in [1.29, 1.82) is 0 Å². The predicted octanol–water partition coefficient (Wildman–Crippen LogP) is 5.04. The molecule has 112 valence electrons. The van der Waals surface area contributed by atoms with Gasteiger partial charge in [-0.3, -0.25) is 0 Å². The van der Waals surface area contributed by atoms with Crippen molar-refractivity contribution in [2.75, 3.05) is 6.61 Å². The fourth-order valence-corrected chi connectivity index (χ4v) is 3.79. The smallest absolute Gasteiger partial charge is 0.147 e. The van der Waals surface area contributed by atoms with Crippen molar-refractivity contribution in [2.24, 2.45) is 0 Å². The number of hydrogen-bond acceptors (Lipinski definition) is 1. The van der Waals surface area contributed by atoms with Crippen LogP contribution < -0.4 is 0 Å². The number of benzene rings is 2. The lowest BCUT2D eigenvalue weighted by Gasteiger charge is -2.24. The standard InChI is InChI=1S/C18H15BrFNO/c1-10-9-13(20)17-14(15(10)19)12-7-8-22-18(16(12)21-17)11-5-3-2-4-6-11/h2-6,9,18,21H,7-8H2,1H3. The van der Waals surface area contributed by atoms with Gasteiger partial charge in [0.05, 0.1) is 17.8 Å². The van der Waals surface area contributed by atoms with Gasteiger partial charge in [-0.1, -0.05) is 30.3 Å². The van der Waals surface area contributed by atoms with Crippen molar-refractivity contribution in [3.8, 4) is 0 Å². The van der Waals surface area contributed by atoms with E-state index in [9.17, 15) is 4.39 Å². The Balaban J connectivity index is 1.99. The highest BCUT2D eigenvalue weighted by molar-refractivity contribution is 9.10. The maximum absolute atomic E-state index is 14.4. The minimum atomic E-state index is -0.211. The number of H-pyrrole nitrogens is 1. The van der Waals surface area contributed by atoms with E-state index in [1.807, 2.05) is 37.3 Å². The Hall–Kier alpha value is -1.65. The second-order valence-electron chi connectivity index (χ2n) is 5.67. The summed E-state index contributed by atoms with van der Waals surface area (Å²) in [7, 11) is 0. The number of aryl methyl sites for hydroxylation is 1. The summed E-state index contributed by atoms with van der Waals surface area (Å²) < 4.78 is 21.3. The van der Waals surface area contributed by atoms with Crippen molar-refractivity contribution >= 4 is 26.8 Å². The predicted molar refractivity (Wildman–Crippen MR) is 88.6 cm³/mol. The van der Waals surface area contributed by atoms with Gasteiger partial charge >= 0.3 is 0 Å². The number of ether oxygens (including phenoxy) is 1. The molecule has 22 heavy (non-hydrogen) atoms. The van der Waals surface area contributed by atoms with Crippen molar-refractivity contribution in [3.63, 3.8) is 0 Å². The third kappa shape index (κ3) is 2.02. The molecule has 2 nitrogen and oxygen atoms in total. The molecule has 0 saturated carbocycles. The summed E-state index contributed by atoms with van der Waals surface area (Å²) in [6.07, 6.45) is 0.629. The SMILES string of the molecule is Cc1cc(F)c2[nH]c3c(c2c1Br)CCOC3c1ccccc1. The maximum Gasteiger partial charge on any atom is 0.147 e. The van der Waals surface area contributed by atoms with E-state index in [1.165, 1.54) is 0 Å². The summed E-state index contributed by atoms with van der Waals surface area (Å²) in [4.78, 5) is 3.27. The van der Waals surface area contributed by atoms with Gasteiger partial charge in [0, 0.05) is 9.86 Å². The van der Waals surface area contributed by atoms with E-state index in [-0.39, 0.29) is 11.9 Å². The van der Waals surface area contributed by atoms with Gasteiger partial charge in [-0.15, -0.1) is 0 Å². The number of nitrogens with one attached hydrogen (secondary N) is 1. The highest BCUT2D eigenvalue weighted by Crippen LogP contribution is 2.40. The van der Waals surface area contributed by atoms with E-state index in [4.69, 9.17) is 4.74 Å². The summed E-state index contributed by atoms with van der Waals surface area (Å²) in [5.74, 6) is -0.211. The van der Waals surface area contributed by atoms with Crippen LogP contribution in [0.25, 0.3) is 10.9 Å². The van der Waals surface area contributed by atoms with Gasteiger partial charge in [-0.25, -0.2) is 4.39 Å². The molecule has 1 unspecified atom stereocenters. The summed E-state index contributed by atoms with van der Waals surface area (Å²) in [6.45, 7) is 2.56. The van der Waals surface area contributed by atoms with E-state index in [2.05, 4.69) is 20.9 Å². The van der Waals surface area contributed by atoms with E-state index in [1.54, 1.807) is 6.07 Å². The van der Waals surface area contributed by atoms with Gasteiger partial charge in [-0.05, 0) is 52.0 Å². The van der Waals surface area contributed by atoms with Crippen molar-refractivity contribution in [2.45, 2.75) is 19.4 Å². The lowest BCUT2D eigenvalue weighted by Crippen LogP contribution is -2.16. The van der Waals surface area contributed by atoms with E-state index >= 15 is 0 Å². The Morgan fingerprint density at radius 3 is 2.82 bits per heavy atom. The minimum Gasteiger partial charge on any atom is -0.367 e. The molecule has 3 aromatic rings. The molecular formula is C18H15BrFNO. The molecule has 1 aliphatic heterocycles. The summed E-state index contributed by atoms with van der Waals surface area (Å²) >= 11 is 3.62. The zero-order chi connectivity index (χ0) is 15.3. The van der Waals surface area contributed by atoms with Crippen molar-refractivity contribution in [3.05, 3.63) is 69.1 Å². The minimum absolute atomic E-state index is 0.163. The number of hydrogen-bond donors (Lipinski definition) is 1. The third-order valence-corrected chi connectivity index (χ3v) is 5.31. The Bertz CT molecular complexity index is 857. The molecule has 4 rings (SSSR count). The average molecular weight is 360 g/mol. The van der Waals surface area contributed by atoms with Crippen LogP contribution in [0.5, 0.6) is 0 Å². The van der Waals surface area contributed by atoms with E-state index in [0.29, 0.717) is 12.1 Å². The van der Waals surface area contributed by atoms with Crippen molar-refractivity contribution in [1.82, 2.24) is 4.98 Å². The first-order chi connectivity index (χ1) is 10.7. The molecular weight excluding hydrogens is 345 g/mol. The Morgan fingerprint density at radius 1 is 1.27 bits per heavy atom. The molecule has 0 aliphatic carbocycles. The topological polar surface area (TPSA) is 25.0 Å². The Kier molecular flexibility index (Phi) is 3.31. The third-order valence-electron chi connectivity index (χ3n) is 4.29. The van der Waals surface area contributed by atoms with Crippen LogP contribution in [0.4, 0.5) is 4.39 Å². The number of rotatable bonds is 1. The lowest BCUT2D eigenvalue weighted by molar-refractivity contribution is 0.0677. The first-order valence-electron chi connectivity index (χ1n) is 7.32. The van der Waals surface area contributed by atoms with Gasteiger partial charge < -0.3 is 9.72 Å². The van der Waals surface area contributed by atoms with Gasteiger partial charge in [0.15, 0.2) is 0 Å². The van der Waals surface area contributed by atoms with E-state index < -0.39 is 0 Å². The Morgan fingerprint density at radius 2 is 2.05 bits per heavy atom. The first kappa shape index (κ1) is 14.0. The van der Waals surface area contributed by atoms with Gasteiger partial charge in [-0.2, -0.15) is 0 Å². The molecule has 0 saturated heterocycles. The number of aromatic nitrogens is 1. The number of aromatic amines is 1. The van der Waals surface area contributed by atoms with E-state index in [0.717, 1.165) is 38.7 Å². The number of fused-ring (bicyclic) bond motifs is 3. The van der Waals surface area contributed by atoms with Gasteiger partial charge in [0.2, 0.25) is 0 Å². The van der Waals surface area contributed by atoms with Gasteiger partial charge in [0.25, 0.3) is 0 Å². The molecule has 1 aliphatic rings. The lowest BCUT2D eigenvalue weighted by atomic mass is 9.97. The fraction of sp³-hybridized carbons (Fsp3) is 0.222. The van der Waals surface area contributed by atoms with Crippen LogP contribution in [0.2, 0.25) is 0 Å². The van der Waals surface area contributed by atoms with Crippen molar-refractivity contribution < 1.29 is 9.13 Å². The monoisotopic (exact) mass is 359 g/mol. The molecule has 0 amide bonds. The summed E-state index contributed by atoms with van der Waals surface area (Å²) in [6, 6.07) is 11.6. The molecule has 2 aromatic carbocycles. The second kappa shape index (κ2) is 5.21. The molecule has 0 bridgehead atoms. The van der Waals surface area contributed by atoms with Crippen LogP contribution in [-0.4, -0.2) is 11.6 Å². The fourth-order valence-electron chi connectivity index (χ4n) is 3.24. The molecule has 0 fully saturated rings. The van der Waals surface area contributed by atoms with Crippen LogP contribution in [0.1, 0.15) is 28.5 Å². The molecule has 1 N–H and O–H groups in total. The highest BCUT2D eigenvalue weighted by atomic mass is 79.9. The van der Waals surface area contributed by atoms with Gasteiger partial charge in [0.1, 0.15) is 11.9 Å². The zero-order valence-corrected chi connectivity index (χ0v) is 13.7. The van der Waals surface area contributed by atoms with Crippen LogP contribution in [0, 0.1) is 12.7 Å². The zero-order valence-electron chi connectivity index (χ0n) is 12.1. The number of halogens is 2. The maximum atomic E-state index is 14.4. The highest BCUT2D eigenvalue weighted by Gasteiger charge is 2.28. The molecule has 1 atom stereocenters. The largest absolute Gasteiger partial charge is 0.367 e. The average Bonchev–Trinajstić information content (AvgIpc) is 2.94. The summed E-state index contributed by atoms with van der Waals surface area (Å²) in [5, 5.41) is 0.955. The second-order valence-corrected chi connectivity index (χ2v) is 6.46.